The zero-order chi connectivity index (χ0) is 12.7. The van der Waals surface area contributed by atoms with Gasteiger partial charge in [0.15, 0.2) is 0 Å². The smallest absolute Gasteiger partial charge is 0.209 e. The van der Waals surface area contributed by atoms with Crippen molar-refractivity contribution in [1.29, 1.82) is 0 Å². The van der Waals surface area contributed by atoms with E-state index in [0.717, 1.165) is 31.8 Å². The van der Waals surface area contributed by atoms with Crippen molar-refractivity contribution < 1.29 is 9.53 Å². The Morgan fingerprint density at radius 1 is 1.18 bits per heavy atom. The van der Waals surface area contributed by atoms with Gasteiger partial charge in [0.1, 0.15) is 5.75 Å². The summed E-state index contributed by atoms with van der Waals surface area (Å²) < 4.78 is 5.11. The van der Waals surface area contributed by atoms with E-state index in [2.05, 4.69) is 17.0 Å². The maximum Gasteiger partial charge on any atom is 0.209 e. The topological polar surface area (TPSA) is 32.8 Å². The van der Waals surface area contributed by atoms with E-state index in [1.807, 2.05) is 19.2 Å². The maximum absolute atomic E-state index is 10.4. The molecular formula is C13H20N2O2. The van der Waals surface area contributed by atoms with Gasteiger partial charge in [0, 0.05) is 26.7 Å². The number of amides is 1. The number of methoxy groups -OCH3 is 1. The predicted octanol–water partition coefficient (Wildman–Crippen LogP) is 1.22. The number of hydrogen-bond acceptors (Lipinski definition) is 3. The third kappa shape index (κ3) is 4.87. The van der Waals surface area contributed by atoms with Crippen LogP contribution in [-0.2, 0) is 11.3 Å². The number of ether oxygens (including phenoxy) is 1. The number of benzene rings is 1. The Morgan fingerprint density at radius 3 is 2.35 bits per heavy atom. The molecule has 17 heavy (non-hydrogen) atoms. The van der Waals surface area contributed by atoms with Crippen molar-refractivity contribution in [2.45, 2.75) is 6.54 Å². The van der Waals surface area contributed by atoms with E-state index >= 15 is 0 Å². The lowest BCUT2D eigenvalue weighted by atomic mass is 10.2. The van der Waals surface area contributed by atoms with Crippen LogP contribution in [0.25, 0.3) is 0 Å². The van der Waals surface area contributed by atoms with Crippen molar-refractivity contribution >= 4 is 6.41 Å². The van der Waals surface area contributed by atoms with Gasteiger partial charge in [-0.2, -0.15) is 0 Å². The van der Waals surface area contributed by atoms with Crippen LogP contribution in [-0.4, -0.2) is 50.5 Å². The van der Waals surface area contributed by atoms with Crippen molar-refractivity contribution in [2.75, 3.05) is 34.3 Å². The van der Waals surface area contributed by atoms with Gasteiger partial charge in [0.05, 0.1) is 7.11 Å². The van der Waals surface area contributed by atoms with Gasteiger partial charge in [-0.15, -0.1) is 0 Å². The Balaban J connectivity index is 2.39. The predicted molar refractivity (Wildman–Crippen MR) is 68.0 cm³/mol. The summed E-state index contributed by atoms with van der Waals surface area (Å²) in [7, 11) is 5.49. The normalized spacial score (nSPS) is 10.4. The number of hydrogen-bond donors (Lipinski definition) is 0. The Hall–Kier alpha value is -1.55. The van der Waals surface area contributed by atoms with E-state index in [9.17, 15) is 4.79 Å². The van der Waals surface area contributed by atoms with Crippen LogP contribution in [0.3, 0.4) is 0 Å². The van der Waals surface area contributed by atoms with Gasteiger partial charge in [-0.1, -0.05) is 12.1 Å². The Kier molecular flexibility index (Phi) is 5.49. The largest absolute Gasteiger partial charge is 0.497 e. The molecule has 0 heterocycles. The fraction of sp³-hybridized carbons (Fsp3) is 0.462. The van der Waals surface area contributed by atoms with Crippen molar-refractivity contribution in [2.24, 2.45) is 0 Å². The highest BCUT2D eigenvalue weighted by atomic mass is 16.5. The summed E-state index contributed by atoms with van der Waals surface area (Å²) in [6.07, 6.45) is 0.848. The average molecular weight is 236 g/mol. The number of rotatable bonds is 7. The number of nitrogens with zero attached hydrogens (tertiary/aromatic N) is 2. The average Bonchev–Trinajstić information content (AvgIpc) is 2.36. The van der Waals surface area contributed by atoms with E-state index in [-0.39, 0.29) is 0 Å². The van der Waals surface area contributed by atoms with Crippen LogP contribution in [0.5, 0.6) is 5.75 Å². The van der Waals surface area contributed by atoms with Crippen LogP contribution in [0.4, 0.5) is 0 Å². The molecule has 0 unspecified atom stereocenters. The van der Waals surface area contributed by atoms with Crippen molar-refractivity contribution in [3.63, 3.8) is 0 Å². The first-order valence-electron chi connectivity index (χ1n) is 5.62. The minimum Gasteiger partial charge on any atom is -0.497 e. The van der Waals surface area contributed by atoms with Crippen molar-refractivity contribution in [3.8, 4) is 5.75 Å². The van der Waals surface area contributed by atoms with Gasteiger partial charge in [-0.05, 0) is 24.7 Å². The Morgan fingerprint density at radius 2 is 1.82 bits per heavy atom. The molecule has 4 nitrogen and oxygen atoms in total. The molecule has 94 valence electrons. The molecule has 0 saturated carbocycles. The molecule has 0 radical (unpaired) electrons. The molecule has 0 bridgehead atoms. The van der Waals surface area contributed by atoms with E-state index in [4.69, 9.17) is 4.74 Å². The lowest BCUT2D eigenvalue weighted by Gasteiger charge is -2.19. The van der Waals surface area contributed by atoms with Gasteiger partial charge in [-0.3, -0.25) is 4.79 Å². The summed E-state index contributed by atoms with van der Waals surface area (Å²) in [5.41, 5.74) is 1.24. The number of carbonyl (C=O) groups is 1. The van der Waals surface area contributed by atoms with Crippen LogP contribution < -0.4 is 4.74 Å². The van der Waals surface area contributed by atoms with Crippen LogP contribution in [0.15, 0.2) is 24.3 Å². The first-order chi connectivity index (χ1) is 8.15. The maximum atomic E-state index is 10.4. The highest BCUT2D eigenvalue weighted by molar-refractivity contribution is 5.46. The number of carbonyl (C=O) groups excluding carboxylic acids is 1. The van der Waals surface area contributed by atoms with Crippen LogP contribution in [0.1, 0.15) is 5.56 Å². The van der Waals surface area contributed by atoms with Crippen molar-refractivity contribution in [3.05, 3.63) is 29.8 Å². The molecule has 0 N–H and O–H groups in total. The van der Waals surface area contributed by atoms with Crippen LogP contribution in [0, 0.1) is 0 Å². The molecule has 0 fully saturated rings. The molecule has 1 aromatic carbocycles. The van der Waals surface area contributed by atoms with Gasteiger partial charge in [0.25, 0.3) is 0 Å². The second-order valence-corrected chi connectivity index (χ2v) is 4.17. The van der Waals surface area contributed by atoms with Gasteiger partial charge >= 0.3 is 0 Å². The molecule has 1 rings (SSSR count). The Bertz CT molecular complexity index is 338. The van der Waals surface area contributed by atoms with Crippen LogP contribution in [0.2, 0.25) is 0 Å². The van der Waals surface area contributed by atoms with E-state index < -0.39 is 0 Å². The molecule has 1 amide bonds. The molecule has 0 aromatic heterocycles. The third-order valence-corrected chi connectivity index (χ3v) is 2.63. The quantitative estimate of drug-likeness (QED) is 0.667. The van der Waals surface area contributed by atoms with Crippen LogP contribution >= 0.6 is 0 Å². The molecule has 0 aliphatic rings. The fourth-order valence-corrected chi connectivity index (χ4v) is 1.50. The first-order valence-corrected chi connectivity index (χ1v) is 5.62. The van der Waals surface area contributed by atoms with E-state index in [1.54, 1.807) is 19.1 Å². The lowest BCUT2D eigenvalue weighted by molar-refractivity contribution is -0.117. The highest BCUT2D eigenvalue weighted by Crippen LogP contribution is 2.12. The molecule has 0 saturated heterocycles. The summed E-state index contributed by atoms with van der Waals surface area (Å²) in [5, 5.41) is 0. The summed E-state index contributed by atoms with van der Waals surface area (Å²) in [6.45, 7) is 2.48. The second-order valence-electron chi connectivity index (χ2n) is 4.17. The lowest BCUT2D eigenvalue weighted by Crippen LogP contribution is -2.29. The van der Waals surface area contributed by atoms with Gasteiger partial charge in [0.2, 0.25) is 6.41 Å². The fourth-order valence-electron chi connectivity index (χ4n) is 1.50. The summed E-state index contributed by atoms with van der Waals surface area (Å²) in [6, 6.07) is 8.03. The second kappa shape index (κ2) is 6.91. The Labute approximate surface area is 103 Å². The zero-order valence-electron chi connectivity index (χ0n) is 10.7. The highest BCUT2D eigenvalue weighted by Gasteiger charge is 2.02. The van der Waals surface area contributed by atoms with Gasteiger partial charge in [-0.25, -0.2) is 0 Å². The number of likely N-dealkylation sites (N-methyl/N-ethyl adjacent to an activating group) is 2. The zero-order valence-corrected chi connectivity index (χ0v) is 10.7. The molecule has 0 aliphatic heterocycles. The minimum absolute atomic E-state index is 0.746. The third-order valence-electron chi connectivity index (χ3n) is 2.63. The monoisotopic (exact) mass is 236 g/mol. The first kappa shape index (κ1) is 13.5. The van der Waals surface area contributed by atoms with Gasteiger partial charge < -0.3 is 14.5 Å². The van der Waals surface area contributed by atoms with Crippen molar-refractivity contribution in [1.82, 2.24) is 9.80 Å². The van der Waals surface area contributed by atoms with E-state index in [0.29, 0.717) is 0 Å². The summed E-state index contributed by atoms with van der Waals surface area (Å²) in [5.74, 6) is 0.872. The molecule has 0 aliphatic carbocycles. The molecular weight excluding hydrogens is 216 g/mol. The summed E-state index contributed by atoms with van der Waals surface area (Å²) >= 11 is 0. The molecule has 1 aromatic rings. The molecule has 0 spiro atoms. The SMILES string of the molecule is COc1ccc(CN(C)CCN(C)C=O)cc1. The molecule has 4 heteroatoms. The molecule has 0 atom stereocenters. The van der Waals surface area contributed by atoms with E-state index in [1.165, 1.54) is 5.56 Å². The minimum atomic E-state index is 0.746. The summed E-state index contributed by atoms with van der Waals surface area (Å²) in [4.78, 5) is 14.3. The standard InChI is InChI=1S/C13H20N2O2/c1-14(8-9-15(2)11-16)10-12-4-6-13(17-3)7-5-12/h4-7,11H,8-10H2,1-3H3.